The first-order chi connectivity index (χ1) is 11.3. The van der Waals surface area contributed by atoms with Crippen molar-refractivity contribution in [3.8, 4) is 0 Å². The third kappa shape index (κ3) is 3.18. The number of amides is 1. The summed E-state index contributed by atoms with van der Waals surface area (Å²) >= 11 is 0. The molecule has 0 radical (unpaired) electrons. The van der Waals surface area contributed by atoms with Gasteiger partial charge >= 0.3 is 0 Å². The van der Waals surface area contributed by atoms with Gasteiger partial charge < -0.3 is 4.90 Å². The van der Waals surface area contributed by atoms with E-state index < -0.39 is 0 Å². The molecule has 2 fully saturated rings. The zero-order chi connectivity index (χ0) is 15.6. The molecule has 1 saturated heterocycles. The highest BCUT2D eigenvalue weighted by atomic mass is 16.2. The Morgan fingerprint density at radius 1 is 1.17 bits per heavy atom. The molecule has 5 nitrogen and oxygen atoms in total. The maximum atomic E-state index is 12.3. The minimum Gasteiger partial charge on any atom is -0.337 e. The zero-order valence-electron chi connectivity index (χ0n) is 13.0. The fraction of sp³-hybridized carbons (Fsp3) is 0.389. The summed E-state index contributed by atoms with van der Waals surface area (Å²) in [6, 6.07) is 10.1. The largest absolute Gasteiger partial charge is 0.337 e. The molecule has 1 aromatic heterocycles. The molecule has 0 spiro atoms. The molecule has 118 valence electrons. The minimum atomic E-state index is 0.0684. The minimum absolute atomic E-state index is 0.0684. The number of benzene rings is 1. The Balaban J connectivity index is 1.37. The van der Waals surface area contributed by atoms with Crippen LogP contribution in [0.2, 0.25) is 0 Å². The van der Waals surface area contributed by atoms with Crippen LogP contribution < -0.4 is 0 Å². The maximum Gasteiger partial charge on any atom is 0.246 e. The van der Waals surface area contributed by atoms with Crippen LogP contribution in [-0.2, 0) is 4.79 Å². The first-order valence-electron chi connectivity index (χ1n) is 8.23. The molecule has 2 aliphatic rings. The molecule has 4 rings (SSSR count). The lowest BCUT2D eigenvalue weighted by atomic mass is 10.2. The molecular weight excluding hydrogens is 288 g/mol. The average molecular weight is 308 g/mol. The second-order valence-corrected chi connectivity index (χ2v) is 6.37. The van der Waals surface area contributed by atoms with Crippen molar-refractivity contribution in [1.29, 1.82) is 0 Å². The van der Waals surface area contributed by atoms with Crippen LogP contribution in [0.15, 0.2) is 42.6 Å². The van der Waals surface area contributed by atoms with Crippen LogP contribution in [0, 0.1) is 0 Å². The van der Waals surface area contributed by atoms with Crippen molar-refractivity contribution in [2.75, 3.05) is 13.1 Å². The van der Waals surface area contributed by atoms with Crippen LogP contribution >= 0.6 is 0 Å². The van der Waals surface area contributed by atoms with Crippen LogP contribution in [0.4, 0.5) is 0 Å². The Bertz CT molecular complexity index is 718. The Kier molecular flexibility index (Phi) is 3.69. The summed E-state index contributed by atoms with van der Waals surface area (Å²) in [5.41, 5.74) is 2.15. The van der Waals surface area contributed by atoms with Gasteiger partial charge in [-0.05, 0) is 30.9 Å². The Morgan fingerprint density at radius 3 is 2.78 bits per heavy atom. The molecular formula is C18H20N4O. The number of aromatic nitrogens is 3. The third-order valence-corrected chi connectivity index (χ3v) is 4.59. The molecule has 1 unspecified atom stereocenters. The summed E-state index contributed by atoms with van der Waals surface area (Å²) < 4.78 is 1.95. The lowest BCUT2D eigenvalue weighted by Crippen LogP contribution is -2.27. The molecule has 23 heavy (non-hydrogen) atoms. The van der Waals surface area contributed by atoms with E-state index in [1.165, 1.54) is 12.8 Å². The number of nitrogens with zero attached hydrogens (tertiary/aromatic N) is 4. The van der Waals surface area contributed by atoms with Crippen molar-refractivity contribution < 1.29 is 4.79 Å². The molecule has 1 aliphatic heterocycles. The maximum absolute atomic E-state index is 12.3. The summed E-state index contributed by atoms with van der Waals surface area (Å²) in [6.45, 7) is 1.49. The van der Waals surface area contributed by atoms with Crippen LogP contribution in [0.25, 0.3) is 6.08 Å². The third-order valence-electron chi connectivity index (χ3n) is 4.59. The van der Waals surface area contributed by atoms with Crippen molar-refractivity contribution in [3.05, 3.63) is 53.9 Å². The van der Waals surface area contributed by atoms with Crippen LogP contribution in [0.3, 0.4) is 0 Å². The van der Waals surface area contributed by atoms with E-state index in [1.807, 2.05) is 46.0 Å². The highest BCUT2D eigenvalue weighted by molar-refractivity contribution is 5.91. The molecule has 1 atom stereocenters. The van der Waals surface area contributed by atoms with E-state index in [1.54, 1.807) is 6.08 Å². The number of hydrogen-bond acceptors (Lipinski definition) is 3. The molecule has 0 N–H and O–H groups in total. The van der Waals surface area contributed by atoms with Gasteiger partial charge in [-0.25, -0.2) is 4.68 Å². The lowest BCUT2D eigenvalue weighted by molar-refractivity contribution is -0.125. The molecule has 5 heteroatoms. The average Bonchev–Trinajstić information content (AvgIpc) is 3.12. The standard InChI is InChI=1S/C18H20N4O/c23-18(9-6-14-4-2-1-3-5-14)21-11-10-16(12-21)22-13-17(19-20-22)15-7-8-15/h1-6,9,13,15-16H,7-8,10-12H2/b9-6+. The van der Waals surface area contributed by atoms with Crippen molar-refractivity contribution in [3.63, 3.8) is 0 Å². The van der Waals surface area contributed by atoms with Gasteiger partial charge in [0.15, 0.2) is 0 Å². The number of hydrogen-bond donors (Lipinski definition) is 0. The van der Waals surface area contributed by atoms with Gasteiger partial charge in [-0.15, -0.1) is 5.10 Å². The fourth-order valence-electron chi connectivity index (χ4n) is 3.03. The van der Waals surface area contributed by atoms with Crippen molar-refractivity contribution >= 4 is 12.0 Å². The van der Waals surface area contributed by atoms with E-state index in [0.717, 1.165) is 24.2 Å². The Morgan fingerprint density at radius 2 is 2.00 bits per heavy atom. The zero-order valence-corrected chi connectivity index (χ0v) is 13.0. The van der Waals surface area contributed by atoms with Crippen LogP contribution in [0.1, 0.15) is 42.5 Å². The highest BCUT2D eigenvalue weighted by Crippen LogP contribution is 2.39. The molecule has 0 bridgehead atoms. The van der Waals surface area contributed by atoms with E-state index in [-0.39, 0.29) is 11.9 Å². The summed E-state index contributed by atoms with van der Waals surface area (Å²) in [5, 5.41) is 8.52. The van der Waals surface area contributed by atoms with Crippen molar-refractivity contribution in [2.24, 2.45) is 0 Å². The van der Waals surface area contributed by atoms with Crippen molar-refractivity contribution in [1.82, 2.24) is 19.9 Å². The first kappa shape index (κ1) is 14.2. The Hall–Kier alpha value is -2.43. The van der Waals surface area contributed by atoms with Gasteiger partial charge in [0.25, 0.3) is 0 Å². The summed E-state index contributed by atoms with van der Waals surface area (Å²) in [5.74, 6) is 0.690. The lowest BCUT2D eigenvalue weighted by Gasteiger charge is -2.14. The molecule has 2 aromatic rings. The number of rotatable bonds is 4. The van der Waals surface area contributed by atoms with Crippen LogP contribution in [-0.4, -0.2) is 38.9 Å². The highest BCUT2D eigenvalue weighted by Gasteiger charge is 2.30. The normalized spacial score (nSPS) is 21.2. The number of carbonyl (C=O) groups excluding carboxylic acids is 1. The quantitative estimate of drug-likeness (QED) is 0.816. The summed E-state index contributed by atoms with van der Waals surface area (Å²) in [7, 11) is 0. The van der Waals surface area contributed by atoms with E-state index in [0.29, 0.717) is 12.5 Å². The predicted octanol–water partition coefficient (Wildman–Crippen LogP) is 2.64. The van der Waals surface area contributed by atoms with Gasteiger partial charge in [-0.2, -0.15) is 0 Å². The molecule has 1 aliphatic carbocycles. The molecule has 1 saturated carbocycles. The predicted molar refractivity (Wildman–Crippen MR) is 87.7 cm³/mol. The second kappa shape index (κ2) is 5.99. The van der Waals surface area contributed by atoms with Crippen molar-refractivity contribution in [2.45, 2.75) is 31.2 Å². The monoisotopic (exact) mass is 308 g/mol. The first-order valence-corrected chi connectivity index (χ1v) is 8.23. The summed E-state index contributed by atoms with van der Waals surface area (Å²) in [6.07, 6.45) is 9.01. The second-order valence-electron chi connectivity index (χ2n) is 6.37. The Labute approximate surface area is 135 Å². The molecule has 1 aromatic carbocycles. The molecule has 1 amide bonds. The van der Waals surface area contributed by atoms with E-state index in [4.69, 9.17) is 0 Å². The number of likely N-dealkylation sites (tertiary alicyclic amines) is 1. The van der Waals surface area contributed by atoms with Crippen LogP contribution in [0.5, 0.6) is 0 Å². The SMILES string of the molecule is O=C(/C=C/c1ccccc1)N1CCC(n2cc(C3CC3)nn2)C1. The van der Waals surface area contributed by atoms with Gasteiger partial charge in [0.2, 0.25) is 5.91 Å². The fourth-order valence-corrected chi connectivity index (χ4v) is 3.03. The topological polar surface area (TPSA) is 51.0 Å². The molecule has 2 heterocycles. The summed E-state index contributed by atoms with van der Waals surface area (Å²) in [4.78, 5) is 14.2. The van der Waals surface area contributed by atoms with Gasteiger partial charge in [0, 0.05) is 31.3 Å². The number of carbonyl (C=O) groups is 1. The van der Waals surface area contributed by atoms with E-state index >= 15 is 0 Å². The van der Waals surface area contributed by atoms with Gasteiger partial charge in [0.1, 0.15) is 0 Å². The van der Waals surface area contributed by atoms with Gasteiger partial charge in [0.05, 0.1) is 11.7 Å². The smallest absolute Gasteiger partial charge is 0.246 e. The van der Waals surface area contributed by atoms with Gasteiger partial charge in [-0.3, -0.25) is 4.79 Å². The van der Waals surface area contributed by atoms with Gasteiger partial charge in [-0.1, -0.05) is 35.5 Å². The van der Waals surface area contributed by atoms with E-state index in [9.17, 15) is 4.79 Å². The van der Waals surface area contributed by atoms with E-state index in [2.05, 4.69) is 16.5 Å².